The molecule has 0 aromatic carbocycles. The quantitative estimate of drug-likeness (QED) is 0.606. The maximum atomic E-state index is 12.3. The van der Waals surface area contributed by atoms with Gasteiger partial charge in [-0.25, -0.2) is 9.78 Å². The Balaban J connectivity index is 2.17. The molecular formula is C17H18N4O4S. The summed E-state index contributed by atoms with van der Waals surface area (Å²) in [6, 6.07) is 5.05. The van der Waals surface area contributed by atoms with Crippen molar-refractivity contribution < 1.29 is 18.8 Å². The smallest absolute Gasteiger partial charge is 0.340 e. The molecule has 2 rings (SSSR count). The Hall–Kier alpha value is -2.86. The summed E-state index contributed by atoms with van der Waals surface area (Å²) in [5, 5.41) is 15.5. The van der Waals surface area contributed by atoms with Gasteiger partial charge in [0.25, 0.3) is 0 Å². The Kier molecular flexibility index (Phi) is 6.36. The molecule has 2 aromatic heterocycles. The molecule has 2 heterocycles. The minimum absolute atomic E-state index is 0.209. The van der Waals surface area contributed by atoms with Gasteiger partial charge in [-0.2, -0.15) is 5.26 Å². The van der Waals surface area contributed by atoms with Gasteiger partial charge in [0.2, 0.25) is 5.91 Å². The number of aryl methyl sites for hydroxylation is 2. The van der Waals surface area contributed by atoms with Gasteiger partial charge >= 0.3 is 5.97 Å². The first-order valence-electron chi connectivity index (χ1n) is 7.85. The number of amides is 1. The number of hydrogen-bond donors (Lipinski definition) is 1. The number of carbonyl (C=O) groups is 2. The molecule has 0 radical (unpaired) electrons. The molecule has 8 nitrogen and oxygen atoms in total. The molecule has 0 aliphatic heterocycles. The van der Waals surface area contributed by atoms with Crippen LogP contribution in [0.4, 0.5) is 5.82 Å². The zero-order valence-corrected chi connectivity index (χ0v) is 15.6. The van der Waals surface area contributed by atoms with Gasteiger partial charge in [0.1, 0.15) is 16.9 Å². The maximum Gasteiger partial charge on any atom is 0.340 e. The fourth-order valence-corrected chi connectivity index (χ4v) is 2.96. The number of esters is 1. The Morgan fingerprint density at radius 2 is 2.15 bits per heavy atom. The zero-order valence-electron chi connectivity index (χ0n) is 14.8. The number of anilines is 1. The van der Waals surface area contributed by atoms with Crippen molar-refractivity contribution in [2.45, 2.75) is 38.0 Å². The van der Waals surface area contributed by atoms with E-state index in [1.165, 1.54) is 6.07 Å². The lowest BCUT2D eigenvalue weighted by Crippen LogP contribution is -2.23. The van der Waals surface area contributed by atoms with Crippen molar-refractivity contribution in [3.8, 4) is 6.07 Å². The standard InChI is InChI=1S/C17H18N4O4S/c1-5-24-17(23)13-7-12(8-18)16(19-10(13)3)26-11(4)15(22)20-14-6-9(2)25-21-14/h6-7,11H,5H2,1-4H3,(H,20,21,22)/t11-/m1/s1. The molecule has 1 amide bonds. The van der Waals surface area contributed by atoms with E-state index in [0.717, 1.165) is 11.8 Å². The van der Waals surface area contributed by atoms with E-state index in [-0.39, 0.29) is 23.6 Å². The molecule has 0 saturated carbocycles. The highest BCUT2D eigenvalue weighted by atomic mass is 32.2. The molecule has 0 aliphatic rings. The Morgan fingerprint density at radius 3 is 2.73 bits per heavy atom. The summed E-state index contributed by atoms with van der Waals surface area (Å²) in [6.45, 7) is 6.99. The van der Waals surface area contributed by atoms with E-state index in [1.807, 2.05) is 6.07 Å². The van der Waals surface area contributed by atoms with Crippen LogP contribution in [0.15, 0.2) is 21.7 Å². The number of carbonyl (C=O) groups excluding carboxylic acids is 2. The number of rotatable bonds is 6. The van der Waals surface area contributed by atoms with Crippen LogP contribution in [0, 0.1) is 25.2 Å². The molecule has 9 heteroatoms. The monoisotopic (exact) mass is 374 g/mol. The third-order valence-electron chi connectivity index (χ3n) is 3.33. The highest BCUT2D eigenvalue weighted by Gasteiger charge is 2.21. The van der Waals surface area contributed by atoms with Gasteiger partial charge in [0, 0.05) is 6.07 Å². The van der Waals surface area contributed by atoms with Crippen LogP contribution in [0.1, 0.15) is 41.2 Å². The number of aromatic nitrogens is 2. The second-order valence-electron chi connectivity index (χ2n) is 5.38. The minimum atomic E-state index is -0.542. The van der Waals surface area contributed by atoms with Gasteiger partial charge in [-0.15, -0.1) is 0 Å². The normalized spacial score (nSPS) is 11.5. The van der Waals surface area contributed by atoms with Crippen LogP contribution in [0.5, 0.6) is 0 Å². The van der Waals surface area contributed by atoms with Crippen molar-refractivity contribution in [3.63, 3.8) is 0 Å². The molecule has 26 heavy (non-hydrogen) atoms. The lowest BCUT2D eigenvalue weighted by atomic mass is 10.1. The fourth-order valence-electron chi connectivity index (χ4n) is 2.04. The molecule has 0 unspecified atom stereocenters. The summed E-state index contributed by atoms with van der Waals surface area (Å²) in [4.78, 5) is 28.5. The maximum absolute atomic E-state index is 12.3. The topological polar surface area (TPSA) is 118 Å². The van der Waals surface area contributed by atoms with E-state index >= 15 is 0 Å². The number of pyridine rings is 1. The fraction of sp³-hybridized carbons (Fsp3) is 0.353. The molecule has 1 N–H and O–H groups in total. The predicted molar refractivity (Wildman–Crippen MR) is 94.8 cm³/mol. The first-order chi connectivity index (χ1) is 12.3. The van der Waals surface area contributed by atoms with E-state index < -0.39 is 11.2 Å². The highest BCUT2D eigenvalue weighted by Crippen LogP contribution is 2.27. The largest absolute Gasteiger partial charge is 0.462 e. The first kappa shape index (κ1) is 19.5. The van der Waals surface area contributed by atoms with Crippen LogP contribution in [-0.4, -0.2) is 33.9 Å². The van der Waals surface area contributed by atoms with Crippen molar-refractivity contribution in [1.82, 2.24) is 10.1 Å². The molecule has 0 aliphatic carbocycles. The number of hydrogen-bond acceptors (Lipinski definition) is 8. The summed E-state index contributed by atoms with van der Waals surface area (Å²) >= 11 is 1.12. The Morgan fingerprint density at radius 1 is 1.42 bits per heavy atom. The van der Waals surface area contributed by atoms with Gasteiger partial charge in [0.05, 0.1) is 28.7 Å². The average molecular weight is 374 g/mol. The lowest BCUT2D eigenvalue weighted by Gasteiger charge is -2.13. The number of thioether (sulfide) groups is 1. The summed E-state index contributed by atoms with van der Waals surface area (Å²) in [6.07, 6.45) is 0. The van der Waals surface area contributed by atoms with Crippen LogP contribution in [0.25, 0.3) is 0 Å². The summed E-state index contributed by atoms with van der Waals surface area (Å²) in [7, 11) is 0. The van der Waals surface area contributed by atoms with Gasteiger partial charge in [-0.3, -0.25) is 4.79 Å². The van der Waals surface area contributed by atoms with Crippen LogP contribution >= 0.6 is 11.8 Å². The van der Waals surface area contributed by atoms with Gasteiger partial charge < -0.3 is 14.6 Å². The third kappa shape index (κ3) is 4.61. The summed E-state index contributed by atoms with van der Waals surface area (Å²) < 4.78 is 9.86. The van der Waals surface area contributed by atoms with Gasteiger partial charge in [-0.1, -0.05) is 16.9 Å². The second-order valence-corrected chi connectivity index (χ2v) is 6.71. The Bertz CT molecular complexity index is 872. The van der Waals surface area contributed by atoms with Crippen LogP contribution in [-0.2, 0) is 9.53 Å². The van der Waals surface area contributed by atoms with Crippen molar-refractivity contribution in [2.75, 3.05) is 11.9 Å². The van der Waals surface area contributed by atoms with Gasteiger partial charge in [-0.05, 0) is 33.8 Å². The highest BCUT2D eigenvalue weighted by molar-refractivity contribution is 8.00. The number of nitriles is 1. The molecular weight excluding hydrogens is 356 g/mol. The van der Waals surface area contributed by atoms with Crippen molar-refractivity contribution in [2.24, 2.45) is 0 Å². The first-order valence-corrected chi connectivity index (χ1v) is 8.73. The molecule has 0 saturated heterocycles. The Labute approximate surface area is 154 Å². The lowest BCUT2D eigenvalue weighted by molar-refractivity contribution is -0.115. The number of nitrogens with zero attached hydrogens (tertiary/aromatic N) is 3. The third-order valence-corrected chi connectivity index (χ3v) is 4.43. The van der Waals surface area contributed by atoms with Crippen molar-refractivity contribution in [1.29, 1.82) is 5.26 Å². The number of nitrogens with one attached hydrogen (secondary N) is 1. The van der Waals surface area contributed by atoms with E-state index in [4.69, 9.17) is 9.26 Å². The summed E-state index contributed by atoms with van der Waals surface area (Å²) in [5.41, 5.74) is 0.883. The average Bonchev–Trinajstić information content (AvgIpc) is 3.00. The van der Waals surface area contributed by atoms with Crippen LogP contribution in [0.3, 0.4) is 0 Å². The van der Waals surface area contributed by atoms with Crippen molar-refractivity contribution >= 4 is 29.5 Å². The summed E-state index contributed by atoms with van der Waals surface area (Å²) in [5.74, 6) is 0.0697. The zero-order chi connectivity index (χ0) is 19.3. The minimum Gasteiger partial charge on any atom is -0.462 e. The van der Waals surface area contributed by atoms with Crippen molar-refractivity contribution in [3.05, 3.63) is 34.7 Å². The predicted octanol–water partition coefficient (Wildman–Crippen LogP) is 2.85. The molecule has 136 valence electrons. The van der Waals surface area contributed by atoms with E-state index in [2.05, 4.69) is 15.5 Å². The molecule has 0 fully saturated rings. The SMILES string of the molecule is CCOC(=O)c1cc(C#N)c(S[C@H](C)C(=O)Nc2cc(C)on2)nc1C. The van der Waals surface area contributed by atoms with E-state index in [0.29, 0.717) is 22.3 Å². The van der Waals surface area contributed by atoms with Crippen LogP contribution in [0.2, 0.25) is 0 Å². The van der Waals surface area contributed by atoms with E-state index in [1.54, 1.807) is 33.8 Å². The second kappa shape index (κ2) is 8.49. The van der Waals surface area contributed by atoms with E-state index in [9.17, 15) is 14.9 Å². The van der Waals surface area contributed by atoms with Crippen LogP contribution < -0.4 is 5.32 Å². The molecule has 0 spiro atoms. The van der Waals surface area contributed by atoms with Gasteiger partial charge in [0.15, 0.2) is 5.82 Å². The molecule has 0 bridgehead atoms. The molecule has 2 aromatic rings. The number of ether oxygens (including phenoxy) is 1. The molecule has 1 atom stereocenters.